The maximum atomic E-state index is 12.2. The average Bonchev–Trinajstić information content (AvgIpc) is 3.33. The number of anilines is 2. The van der Waals surface area contributed by atoms with E-state index in [1.165, 1.54) is 0 Å². The van der Waals surface area contributed by atoms with Gasteiger partial charge in [-0.05, 0) is 71.8 Å². The summed E-state index contributed by atoms with van der Waals surface area (Å²) >= 11 is 2.14. The van der Waals surface area contributed by atoms with Crippen LogP contribution in [-0.2, 0) is 0 Å². The van der Waals surface area contributed by atoms with Crippen molar-refractivity contribution in [3.63, 3.8) is 0 Å². The SMILES string of the molecule is O=C(Nc1ccc(NC(=O)c2ccccc2I)cc1)NC1CC1. The van der Waals surface area contributed by atoms with Crippen LogP contribution in [0.2, 0.25) is 0 Å². The van der Waals surface area contributed by atoms with Crippen molar-refractivity contribution in [3.05, 3.63) is 57.7 Å². The van der Waals surface area contributed by atoms with Crippen molar-refractivity contribution in [1.82, 2.24) is 5.32 Å². The third-order valence-corrected chi connectivity index (χ3v) is 4.37. The van der Waals surface area contributed by atoms with Crippen LogP contribution in [0.15, 0.2) is 48.5 Å². The van der Waals surface area contributed by atoms with Crippen molar-refractivity contribution in [2.24, 2.45) is 0 Å². The summed E-state index contributed by atoms with van der Waals surface area (Å²) in [7, 11) is 0. The molecule has 23 heavy (non-hydrogen) atoms. The van der Waals surface area contributed by atoms with Crippen molar-refractivity contribution in [1.29, 1.82) is 0 Å². The lowest BCUT2D eigenvalue weighted by molar-refractivity contribution is 0.102. The fourth-order valence-corrected chi connectivity index (χ4v) is 2.69. The average molecular weight is 421 g/mol. The Kier molecular flexibility index (Phi) is 4.80. The second-order valence-electron chi connectivity index (χ2n) is 5.38. The molecule has 118 valence electrons. The molecule has 0 aliphatic heterocycles. The van der Waals surface area contributed by atoms with E-state index < -0.39 is 0 Å². The summed E-state index contributed by atoms with van der Waals surface area (Å²) in [5.74, 6) is -0.151. The summed E-state index contributed by atoms with van der Waals surface area (Å²) in [6.07, 6.45) is 2.10. The van der Waals surface area contributed by atoms with Crippen LogP contribution >= 0.6 is 22.6 Å². The highest BCUT2D eigenvalue weighted by Gasteiger charge is 2.23. The van der Waals surface area contributed by atoms with E-state index in [1.807, 2.05) is 18.2 Å². The highest BCUT2D eigenvalue weighted by atomic mass is 127. The molecule has 0 radical (unpaired) electrons. The molecular weight excluding hydrogens is 405 g/mol. The van der Waals surface area contributed by atoms with Gasteiger partial charge in [0.25, 0.3) is 5.91 Å². The number of carbonyl (C=O) groups excluding carboxylic acids is 2. The molecule has 0 atom stereocenters. The minimum absolute atomic E-state index is 0.151. The number of halogens is 1. The van der Waals surface area contributed by atoms with Crippen molar-refractivity contribution in [3.8, 4) is 0 Å². The smallest absolute Gasteiger partial charge is 0.319 e. The summed E-state index contributed by atoms with van der Waals surface area (Å²) in [6.45, 7) is 0. The molecule has 6 heteroatoms. The van der Waals surface area contributed by atoms with Crippen LogP contribution in [0, 0.1) is 3.57 Å². The number of urea groups is 1. The summed E-state index contributed by atoms with van der Waals surface area (Å²) in [5, 5.41) is 8.48. The van der Waals surface area contributed by atoms with Crippen molar-refractivity contribution < 1.29 is 9.59 Å². The summed E-state index contributed by atoms with van der Waals surface area (Å²) in [4.78, 5) is 23.9. The Bertz CT molecular complexity index is 727. The maximum absolute atomic E-state index is 12.2. The van der Waals surface area contributed by atoms with E-state index in [0.717, 1.165) is 16.4 Å². The molecule has 1 fully saturated rings. The molecule has 0 saturated heterocycles. The van der Waals surface area contributed by atoms with Gasteiger partial charge in [0, 0.05) is 21.0 Å². The van der Waals surface area contributed by atoms with Gasteiger partial charge in [-0.2, -0.15) is 0 Å². The van der Waals surface area contributed by atoms with Crippen molar-refractivity contribution in [2.45, 2.75) is 18.9 Å². The van der Waals surface area contributed by atoms with E-state index in [-0.39, 0.29) is 11.9 Å². The number of hydrogen-bond donors (Lipinski definition) is 3. The van der Waals surface area contributed by atoms with Gasteiger partial charge in [-0.1, -0.05) is 12.1 Å². The zero-order valence-corrected chi connectivity index (χ0v) is 14.5. The van der Waals surface area contributed by atoms with Gasteiger partial charge in [-0.25, -0.2) is 4.79 Å². The Morgan fingerprint density at radius 1 is 0.913 bits per heavy atom. The lowest BCUT2D eigenvalue weighted by Crippen LogP contribution is -2.30. The second kappa shape index (κ2) is 6.99. The molecule has 0 spiro atoms. The third kappa shape index (κ3) is 4.44. The lowest BCUT2D eigenvalue weighted by atomic mass is 10.2. The standard InChI is InChI=1S/C17H16IN3O2/c18-15-4-2-1-3-14(15)16(22)19-11-5-7-12(8-6-11)20-17(23)21-13-9-10-13/h1-8,13H,9-10H2,(H,19,22)(H2,20,21,23). The predicted molar refractivity (Wildman–Crippen MR) is 98.7 cm³/mol. The number of carbonyl (C=O) groups is 2. The quantitative estimate of drug-likeness (QED) is 0.657. The maximum Gasteiger partial charge on any atom is 0.319 e. The third-order valence-electron chi connectivity index (χ3n) is 3.43. The largest absolute Gasteiger partial charge is 0.335 e. The zero-order valence-electron chi connectivity index (χ0n) is 12.3. The van der Waals surface area contributed by atoms with Crippen LogP contribution in [0.5, 0.6) is 0 Å². The highest BCUT2D eigenvalue weighted by molar-refractivity contribution is 14.1. The minimum Gasteiger partial charge on any atom is -0.335 e. The Hall–Kier alpha value is -2.09. The van der Waals surface area contributed by atoms with Gasteiger partial charge in [0.2, 0.25) is 0 Å². The normalized spacial score (nSPS) is 13.3. The van der Waals surface area contributed by atoms with Gasteiger partial charge in [0.05, 0.1) is 5.56 Å². The molecule has 0 unspecified atom stereocenters. The number of benzene rings is 2. The molecule has 1 aliphatic carbocycles. The van der Waals surface area contributed by atoms with E-state index in [2.05, 4.69) is 38.5 Å². The van der Waals surface area contributed by atoms with E-state index >= 15 is 0 Å². The molecule has 0 aromatic heterocycles. The highest BCUT2D eigenvalue weighted by Crippen LogP contribution is 2.20. The first kappa shape index (κ1) is 15.8. The first-order chi connectivity index (χ1) is 11.1. The van der Waals surface area contributed by atoms with Gasteiger partial charge < -0.3 is 16.0 Å². The van der Waals surface area contributed by atoms with Gasteiger partial charge in [0.15, 0.2) is 0 Å². The van der Waals surface area contributed by atoms with E-state index in [9.17, 15) is 9.59 Å². The van der Waals surface area contributed by atoms with Crippen molar-refractivity contribution in [2.75, 3.05) is 10.6 Å². The minimum atomic E-state index is -0.192. The topological polar surface area (TPSA) is 70.2 Å². The lowest BCUT2D eigenvalue weighted by Gasteiger charge is -2.09. The Balaban J connectivity index is 1.59. The van der Waals surface area contributed by atoms with Crippen LogP contribution in [0.25, 0.3) is 0 Å². The Morgan fingerprint density at radius 3 is 2.13 bits per heavy atom. The van der Waals surface area contributed by atoms with Crippen LogP contribution in [0.3, 0.4) is 0 Å². The predicted octanol–water partition coefficient (Wildman–Crippen LogP) is 3.83. The van der Waals surface area contributed by atoms with E-state index in [1.54, 1.807) is 30.3 Å². The van der Waals surface area contributed by atoms with Gasteiger partial charge in [-0.3, -0.25) is 4.79 Å². The number of rotatable bonds is 4. The molecule has 3 N–H and O–H groups in total. The molecular formula is C17H16IN3O2. The van der Waals surface area contributed by atoms with Gasteiger partial charge in [0.1, 0.15) is 0 Å². The molecule has 2 aromatic carbocycles. The van der Waals surface area contributed by atoms with Crippen LogP contribution < -0.4 is 16.0 Å². The monoisotopic (exact) mass is 421 g/mol. The Morgan fingerprint density at radius 2 is 1.52 bits per heavy atom. The molecule has 0 heterocycles. The van der Waals surface area contributed by atoms with Crippen molar-refractivity contribution >= 4 is 45.9 Å². The molecule has 2 aromatic rings. The fourth-order valence-electron chi connectivity index (χ4n) is 2.06. The summed E-state index contributed by atoms with van der Waals surface area (Å²) < 4.78 is 0.901. The zero-order chi connectivity index (χ0) is 16.2. The summed E-state index contributed by atoms with van der Waals surface area (Å²) in [6, 6.07) is 14.6. The van der Waals surface area contributed by atoms with Gasteiger partial charge >= 0.3 is 6.03 Å². The first-order valence-corrected chi connectivity index (χ1v) is 8.43. The molecule has 3 amide bonds. The van der Waals surface area contributed by atoms with Crippen LogP contribution in [0.4, 0.5) is 16.2 Å². The number of amides is 3. The molecule has 3 rings (SSSR count). The first-order valence-electron chi connectivity index (χ1n) is 7.35. The molecule has 1 saturated carbocycles. The Labute approximate surface area is 148 Å². The molecule has 0 bridgehead atoms. The van der Waals surface area contributed by atoms with Crippen LogP contribution in [0.1, 0.15) is 23.2 Å². The fraction of sp³-hybridized carbons (Fsp3) is 0.176. The van der Waals surface area contributed by atoms with Gasteiger partial charge in [-0.15, -0.1) is 0 Å². The number of hydrogen-bond acceptors (Lipinski definition) is 2. The second-order valence-corrected chi connectivity index (χ2v) is 6.55. The van der Waals surface area contributed by atoms with E-state index in [4.69, 9.17) is 0 Å². The molecule has 1 aliphatic rings. The summed E-state index contributed by atoms with van der Waals surface area (Å²) in [5.41, 5.74) is 2.01. The number of nitrogens with one attached hydrogen (secondary N) is 3. The van der Waals surface area contributed by atoms with Crippen LogP contribution in [-0.4, -0.2) is 18.0 Å². The molecule has 5 nitrogen and oxygen atoms in total. The van der Waals surface area contributed by atoms with E-state index in [0.29, 0.717) is 23.0 Å².